The number of rotatable bonds is 6. The van der Waals surface area contributed by atoms with Gasteiger partial charge in [-0.25, -0.2) is 0 Å². The van der Waals surface area contributed by atoms with E-state index in [1.165, 1.54) is 27.6 Å². The van der Waals surface area contributed by atoms with E-state index in [4.69, 9.17) is 4.74 Å². The molecule has 0 amide bonds. The van der Waals surface area contributed by atoms with Crippen molar-refractivity contribution in [3.05, 3.63) is 47.7 Å². The van der Waals surface area contributed by atoms with E-state index < -0.39 is 0 Å². The molecular formula is C24H28N2O2. The summed E-state index contributed by atoms with van der Waals surface area (Å²) in [6.45, 7) is 7.56. The van der Waals surface area contributed by atoms with E-state index in [2.05, 4.69) is 36.8 Å². The van der Waals surface area contributed by atoms with Crippen LogP contribution >= 0.6 is 0 Å². The fraction of sp³-hybridized carbons (Fsp3) is 0.500. The van der Waals surface area contributed by atoms with E-state index in [9.17, 15) is 4.79 Å². The molecule has 5 rings (SSSR count). The van der Waals surface area contributed by atoms with Crippen LogP contribution in [0.5, 0.6) is 0 Å². The molecule has 28 heavy (non-hydrogen) atoms. The van der Waals surface area contributed by atoms with Gasteiger partial charge in [0, 0.05) is 23.8 Å². The van der Waals surface area contributed by atoms with Crippen LogP contribution in [0.4, 0.5) is 0 Å². The zero-order valence-electron chi connectivity index (χ0n) is 16.8. The van der Waals surface area contributed by atoms with E-state index in [-0.39, 0.29) is 11.3 Å². The van der Waals surface area contributed by atoms with Gasteiger partial charge >= 0.3 is 0 Å². The molecule has 1 heterocycles. The molecule has 1 spiro atoms. The largest absolute Gasteiger partial charge is 0.383 e. The summed E-state index contributed by atoms with van der Waals surface area (Å²) in [4.78, 5) is 13.2. The van der Waals surface area contributed by atoms with Crippen molar-refractivity contribution in [3.8, 4) is 0 Å². The molecule has 3 aliphatic carbocycles. The lowest BCUT2D eigenvalue weighted by atomic mass is 9.66. The maximum absolute atomic E-state index is 13.2. The smallest absolute Gasteiger partial charge is 0.162 e. The minimum atomic E-state index is 0.114. The van der Waals surface area contributed by atoms with Crippen molar-refractivity contribution >= 4 is 22.3 Å². The zero-order valence-corrected chi connectivity index (χ0v) is 16.8. The van der Waals surface area contributed by atoms with Gasteiger partial charge in [-0.1, -0.05) is 19.1 Å². The predicted molar refractivity (Wildman–Crippen MR) is 111 cm³/mol. The summed E-state index contributed by atoms with van der Waals surface area (Å²) in [6, 6.07) is 4.43. The number of carbonyl (C=O) groups excluding carboxylic acids is 1. The standard InChI is InChI=1S/C24H28N2O2/c1-4-6-16-11-15-12-24(16)13-19-18(22(24)17(5-2)23(15)27)7-8-21-20(19)14-25-26(21)9-10-28-3/h4,7-8,14-16H,1,5-6,9-13H2,2-3H3/t15-,16-,24+/m1/s1. The van der Waals surface area contributed by atoms with Gasteiger partial charge in [0.05, 0.1) is 24.9 Å². The zero-order chi connectivity index (χ0) is 19.5. The van der Waals surface area contributed by atoms with Crippen molar-refractivity contribution in [2.75, 3.05) is 13.7 Å². The van der Waals surface area contributed by atoms with Gasteiger partial charge in [-0.2, -0.15) is 5.10 Å². The number of nitrogens with zero attached hydrogens (tertiary/aromatic N) is 2. The Hall–Kier alpha value is -2.20. The number of ketones is 1. The van der Waals surface area contributed by atoms with Crippen LogP contribution < -0.4 is 0 Å². The van der Waals surface area contributed by atoms with Crippen LogP contribution in [-0.2, 0) is 22.5 Å². The summed E-state index contributed by atoms with van der Waals surface area (Å²) < 4.78 is 7.28. The Morgan fingerprint density at radius 1 is 1.43 bits per heavy atom. The molecule has 2 bridgehead atoms. The summed E-state index contributed by atoms with van der Waals surface area (Å²) in [5.74, 6) is 1.13. The van der Waals surface area contributed by atoms with Gasteiger partial charge in [0.15, 0.2) is 5.78 Å². The third kappa shape index (κ3) is 2.21. The molecule has 0 aliphatic heterocycles. The minimum absolute atomic E-state index is 0.114. The maximum Gasteiger partial charge on any atom is 0.162 e. The monoisotopic (exact) mass is 376 g/mol. The third-order valence-corrected chi connectivity index (χ3v) is 7.44. The highest BCUT2D eigenvalue weighted by atomic mass is 16.5. The fourth-order valence-electron chi connectivity index (χ4n) is 6.35. The summed E-state index contributed by atoms with van der Waals surface area (Å²) >= 11 is 0. The van der Waals surface area contributed by atoms with Crippen LogP contribution in [0.15, 0.2) is 36.6 Å². The molecule has 0 radical (unpaired) electrons. The number of methoxy groups -OCH3 is 1. The number of allylic oxidation sites excluding steroid dienone is 3. The van der Waals surface area contributed by atoms with Crippen LogP contribution in [0.25, 0.3) is 16.5 Å². The van der Waals surface area contributed by atoms with E-state index in [1.807, 2.05) is 10.9 Å². The lowest BCUT2D eigenvalue weighted by Crippen LogP contribution is -2.30. The fourth-order valence-corrected chi connectivity index (χ4v) is 6.35. The van der Waals surface area contributed by atoms with Crippen molar-refractivity contribution in [2.45, 2.75) is 45.6 Å². The van der Waals surface area contributed by atoms with Gasteiger partial charge in [-0.15, -0.1) is 6.58 Å². The van der Waals surface area contributed by atoms with Crippen molar-refractivity contribution < 1.29 is 9.53 Å². The summed E-state index contributed by atoms with van der Waals surface area (Å²) in [5, 5.41) is 5.88. The molecule has 1 fully saturated rings. The van der Waals surface area contributed by atoms with Crippen LogP contribution in [0.3, 0.4) is 0 Å². The third-order valence-electron chi connectivity index (χ3n) is 7.44. The summed E-state index contributed by atoms with van der Waals surface area (Å²) in [6.07, 6.45) is 8.96. The molecule has 0 N–H and O–H groups in total. The first-order valence-electron chi connectivity index (χ1n) is 10.5. The lowest BCUT2D eigenvalue weighted by molar-refractivity contribution is -0.119. The Balaban J connectivity index is 1.71. The number of hydrogen-bond acceptors (Lipinski definition) is 3. The Bertz CT molecular complexity index is 1020. The average molecular weight is 377 g/mol. The molecule has 4 heteroatoms. The second-order valence-corrected chi connectivity index (χ2v) is 8.65. The van der Waals surface area contributed by atoms with Crippen LogP contribution in [0, 0.1) is 17.3 Å². The number of Topliss-reactive ketones (excluding diaryl/α,β-unsaturated/α-hetero) is 1. The Kier molecular flexibility index (Phi) is 4.09. The summed E-state index contributed by atoms with van der Waals surface area (Å²) in [7, 11) is 1.72. The first-order valence-corrected chi connectivity index (χ1v) is 10.5. The van der Waals surface area contributed by atoms with E-state index in [0.29, 0.717) is 18.3 Å². The van der Waals surface area contributed by atoms with Crippen molar-refractivity contribution in [2.24, 2.45) is 17.3 Å². The predicted octanol–water partition coefficient (Wildman–Crippen LogP) is 4.57. The van der Waals surface area contributed by atoms with Gasteiger partial charge in [0.1, 0.15) is 0 Å². The SMILES string of the molecule is C=CC[C@@H]1C[C@@H]2C[C@]13Cc1c(ccc4c1cnn4CCOC)C3=C(CC)C2=O. The van der Waals surface area contributed by atoms with Crippen LogP contribution in [0.2, 0.25) is 0 Å². The Morgan fingerprint density at radius 2 is 2.29 bits per heavy atom. The molecule has 3 atom stereocenters. The molecule has 1 saturated carbocycles. The molecule has 4 nitrogen and oxygen atoms in total. The van der Waals surface area contributed by atoms with Crippen LogP contribution in [-0.4, -0.2) is 29.3 Å². The quantitative estimate of drug-likeness (QED) is 0.694. The number of fused-ring (bicyclic) bond motifs is 5. The number of carbonyl (C=O) groups is 1. The molecule has 1 aromatic heterocycles. The number of aromatic nitrogens is 2. The molecule has 2 aromatic rings. The molecular weight excluding hydrogens is 348 g/mol. The minimum Gasteiger partial charge on any atom is -0.383 e. The Labute approximate surface area is 166 Å². The Morgan fingerprint density at radius 3 is 3.04 bits per heavy atom. The molecule has 3 aliphatic rings. The average Bonchev–Trinajstić information content (AvgIpc) is 3.35. The first kappa shape index (κ1) is 17.9. The van der Waals surface area contributed by atoms with Gasteiger partial charge in [-0.3, -0.25) is 9.48 Å². The van der Waals surface area contributed by atoms with Gasteiger partial charge < -0.3 is 4.74 Å². The summed E-state index contributed by atoms with van der Waals surface area (Å²) in [5.41, 5.74) is 6.44. The highest BCUT2D eigenvalue weighted by Gasteiger charge is 2.58. The topological polar surface area (TPSA) is 44.1 Å². The maximum atomic E-state index is 13.2. The van der Waals surface area contributed by atoms with Gasteiger partial charge in [0.25, 0.3) is 0 Å². The molecule has 146 valence electrons. The van der Waals surface area contributed by atoms with E-state index in [0.717, 1.165) is 44.2 Å². The normalized spacial score (nSPS) is 28.1. The van der Waals surface area contributed by atoms with Crippen molar-refractivity contribution in [3.63, 3.8) is 0 Å². The first-order chi connectivity index (χ1) is 13.6. The molecule has 1 aromatic carbocycles. The van der Waals surface area contributed by atoms with Crippen molar-refractivity contribution in [1.29, 1.82) is 0 Å². The molecule has 0 unspecified atom stereocenters. The number of benzene rings is 1. The highest BCUT2D eigenvalue weighted by Crippen LogP contribution is 2.66. The van der Waals surface area contributed by atoms with E-state index in [1.54, 1.807) is 7.11 Å². The lowest BCUT2D eigenvalue weighted by Gasteiger charge is -2.36. The van der Waals surface area contributed by atoms with Gasteiger partial charge in [-0.05, 0) is 66.4 Å². The highest BCUT2D eigenvalue weighted by molar-refractivity contribution is 6.09. The second-order valence-electron chi connectivity index (χ2n) is 8.65. The second kappa shape index (κ2) is 6.41. The number of ether oxygens (including phenoxy) is 1. The van der Waals surface area contributed by atoms with Crippen LogP contribution in [0.1, 0.15) is 43.7 Å². The van der Waals surface area contributed by atoms with Gasteiger partial charge in [0.2, 0.25) is 0 Å². The van der Waals surface area contributed by atoms with Crippen molar-refractivity contribution in [1.82, 2.24) is 9.78 Å². The van der Waals surface area contributed by atoms with E-state index >= 15 is 0 Å². The number of hydrogen-bond donors (Lipinski definition) is 0. The molecule has 0 saturated heterocycles.